The number of guanidine groups is 1. The number of hydrogen-bond acceptors (Lipinski definition) is 5. The lowest BCUT2D eigenvalue weighted by atomic mass is 10.1. The normalized spacial score (nSPS) is 10.9. The highest BCUT2D eigenvalue weighted by molar-refractivity contribution is 5.95. The van der Waals surface area contributed by atoms with Crippen LogP contribution in [0.4, 0.5) is 5.69 Å². The maximum atomic E-state index is 12.3. The van der Waals surface area contributed by atoms with Crippen LogP contribution in [0.15, 0.2) is 41.4 Å². The minimum Gasteiger partial charge on any atom is -0.493 e. The smallest absolute Gasteiger partial charge is 0.243 e. The number of nitrogens with zero attached hydrogens (tertiary/aromatic N) is 1. The molecule has 0 bridgehead atoms. The number of benzene rings is 2. The fourth-order valence-corrected chi connectivity index (χ4v) is 2.98. The van der Waals surface area contributed by atoms with E-state index in [2.05, 4.69) is 27.9 Å². The molecule has 2 aromatic rings. The Balaban J connectivity index is 2.03. The van der Waals surface area contributed by atoms with Gasteiger partial charge >= 0.3 is 0 Å². The Hall–Kier alpha value is -3.42. The molecule has 0 saturated heterocycles. The molecular weight excluding hydrogens is 396 g/mol. The maximum absolute atomic E-state index is 12.3. The topological polar surface area (TPSA) is 93.2 Å². The fourth-order valence-electron chi connectivity index (χ4n) is 2.98. The van der Waals surface area contributed by atoms with Crippen molar-refractivity contribution < 1.29 is 19.0 Å². The third kappa shape index (κ3) is 7.09. The van der Waals surface area contributed by atoms with Crippen molar-refractivity contribution in [2.75, 3.05) is 39.7 Å². The molecule has 2 aromatic carbocycles. The third-order valence-corrected chi connectivity index (χ3v) is 4.52. The van der Waals surface area contributed by atoms with Crippen molar-refractivity contribution >= 4 is 17.6 Å². The highest BCUT2D eigenvalue weighted by atomic mass is 16.5. The molecule has 0 fully saturated rings. The van der Waals surface area contributed by atoms with Crippen LogP contribution in [0.25, 0.3) is 0 Å². The summed E-state index contributed by atoms with van der Waals surface area (Å²) in [5, 5.41) is 9.10. The van der Waals surface area contributed by atoms with Crippen LogP contribution >= 0.6 is 0 Å². The quantitative estimate of drug-likeness (QED) is 0.398. The van der Waals surface area contributed by atoms with E-state index in [0.29, 0.717) is 36.3 Å². The molecule has 3 N–H and O–H groups in total. The number of aryl methyl sites for hydroxylation is 1. The van der Waals surface area contributed by atoms with Crippen LogP contribution in [0.3, 0.4) is 0 Å². The number of rotatable bonds is 10. The lowest BCUT2D eigenvalue weighted by molar-refractivity contribution is -0.115. The highest BCUT2D eigenvalue weighted by Crippen LogP contribution is 2.38. The zero-order chi connectivity index (χ0) is 22.6. The van der Waals surface area contributed by atoms with Gasteiger partial charge in [0.15, 0.2) is 17.5 Å². The number of ether oxygens (including phenoxy) is 3. The minimum atomic E-state index is -0.147. The molecule has 168 valence electrons. The highest BCUT2D eigenvalue weighted by Gasteiger charge is 2.13. The molecule has 0 unspecified atom stereocenters. The first kappa shape index (κ1) is 23.9. The van der Waals surface area contributed by atoms with Gasteiger partial charge in [0.25, 0.3) is 0 Å². The zero-order valence-electron chi connectivity index (χ0n) is 18.9. The number of nitrogens with one attached hydrogen (secondary N) is 3. The van der Waals surface area contributed by atoms with E-state index in [1.807, 2.05) is 43.3 Å². The van der Waals surface area contributed by atoms with E-state index in [4.69, 9.17) is 14.2 Å². The molecule has 8 heteroatoms. The van der Waals surface area contributed by atoms with Crippen LogP contribution in [-0.2, 0) is 17.8 Å². The standard InChI is InChI=1S/C23H32N4O4/c1-6-16-9-8-10-18(11-16)27-21(28)15-26-23(24-7-2)25-14-17-12-19(29-3)22(31-5)20(13-17)30-4/h8-13H,6-7,14-15H2,1-5H3,(H,27,28)(H2,24,25,26). The van der Waals surface area contributed by atoms with Gasteiger partial charge in [-0.05, 0) is 48.7 Å². The number of aliphatic imine (C=N–C) groups is 1. The number of methoxy groups -OCH3 is 3. The van der Waals surface area contributed by atoms with Gasteiger partial charge in [-0.1, -0.05) is 19.1 Å². The first-order valence-corrected chi connectivity index (χ1v) is 10.2. The predicted molar refractivity (Wildman–Crippen MR) is 123 cm³/mol. The Bertz CT molecular complexity index is 874. The Kier molecular flexibility index (Phi) is 9.48. The molecule has 0 aliphatic rings. The number of hydrogen-bond donors (Lipinski definition) is 3. The van der Waals surface area contributed by atoms with E-state index in [1.165, 1.54) is 5.56 Å². The molecule has 0 heterocycles. The number of carbonyl (C=O) groups excluding carboxylic acids is 1. The van der Waals surface area contributed by atoms with E-state index in [9.17, 15) is 4.79 Å². The Morgan fingerprint density at radius 1 is 0.935 bits per heavy atom. The van der Waals surface area contributed by atoms with E-state index in [0.717, 1.165) is 17.7 Å². The number of anilines is 1. The first-order valence-electron chi connectivity index (χ1n) is 10.2. The van der Waals surface area contributed by atoms with Crippen LogP contribution in [0, 0.1) is 0 Å². The molecular formula is C23H32N4O4. The summed E-state index contributed by atoms with van der Waals surface area (Å²) in [7, 11) is 4.71. The van der Waals surface area contributed by atoms with E-state index in [1.54, 1.807) is 21.3 Å². The lowest BCUT2D eigenvalue weighted by Crippen LogP contribution is -2.41. The van der Waals surface area contributed by atoms with Gasteiger partial charge in [0, 0.05) is 12.2 Å². The molecule has 31 heavy (non-hydrogen) atoms. The van der Waals surface area contributed by atoms with Gasteiger partial charge in [-0.2, -0.15) is 0 Å². The Morgan fingerprint density at radius 3 is 2.23 bits per heavy atom. The predicted octanol–water partition coefficient (Wildman–Crippen LogP) is 2.97. The summed E-state index contributed by atoms with van der Waals surface area (Å²) >= 11 is 0. The molecule has 1 amide bonds. The summed E-state index contributed by atoms with van der Waals surface area (Å²) in [5.41, 5.74) is 2.84. The van der Waals surface area contributed by atoms with Crippen molar-refractivity contribution in [1.82, 2.24) is 10.6 Å². The second-order valence-corrected chi connectivity index (χ2v) is 6.68. The van der Waals surface area contributed by atoms with Gasteiger partial charge in [-0.15, -0.1) is 0 Å². The van der Waals surface area contributed by atoms with Crippen LogP contribution in [0.1, 0.15) is 25.0 Å². The summed E-state index contributed by atoms with van der Waals surface area (Å²) < 4.78 is 16.1. The second kappa shape index (κ2) is 12.3. The molecule has 0 radical (unpaired) electrons. The van der Waals surface area contributed by atoms with Crippen LogP contribution in [-0.4, -0.2) is 46.3 Å². The summed E-state index contributed by atoms with van der Waals surface area (Å²) in [6, 6.07) is 11.5. The first-order chi connectivity index (χ1) is 15.0. The van der Waals surface area contributed by atoms with Gasteiger partial charge in [0.2, 0.25) is 11.7 Å². The molecule has 2 rings (SSSR count). The summed E-state index contributed by atoms with van der Waals surface area (Å²) in [5.74, 6) is 2.06. The largest absolute Gasteiger partial charge is 0.493 e. The van der Waals surface area contributed by atoms with Crippen molar-refractivity contribution in [2.45, 2.75) is 26.8 Å². The Morgan fingerprint density at radius 2 is 1.65 bits per heavy atom. The SMILES string of the molecule is CCNC(=NCc1cc(OC)c(OC)c(OC)c1)NCC(=O)Nc1cccc(CC)c1. The molecule has 8 nitrogen and oxygen atoms in total. The van der Waals surface area contributed by atoms with Crippen LogP contribution in [0.2, 0.25) is 0 Å². The van der Waals surface area contributed by atoms with E-state index < -0.39 is 0 Å². The fraction of sp³-hybridized carbons (Fsp3) is 0.391. The molecule has 0 aliphatic heterocycles. The van der Waals surface area contributed by atoms with Crippen molar-refractivity contribution in [3.05, 3.63) is 47.5 Å². The molecule has 0 saturated carbocycles. The van der Waals surface area contributed by atoms with Crippen molar-refractivity contribution in [3.63, 3.8) is 0 Å². The van der Waals surface area contributed by atoms with E-state index >= 15 is 0 Å². The molecule has 0 atom stereocenters. The zero-order valence-corrected chi connectivity index (χ0v) is 18.9. The van der Waals surface area contributed by atoms with Crippen LogP contribution in [0.5, 0.6) is 17.2 Å². The lowest BCUT2D eigenvalue weighted by Gasteiger charge is -2.14. The molecule has 0 aromatic heterocycles. The molecule has 0 aliphatic carbocycles. The number of amides is 1. The summed E-state index contributed by atoms with van der Waals surface area (Å²) in [4.78, 5) is 16.9. The average Bonchev–Trinajstić information content (AvgIpc) is 2.80. The van der Waals surface area contributed by atoms with Gasteiger partial charge < -0.3 is 30.2 Å². The summed E-state index contributed by atoms with van der Waals surface area (Å²) in [6.07, 6.45) is 0.917. The van der Waals surface area contributed by atoms with Crippen molar-refractivity contribution in [3.8, 4) is 17.2 Å². The van der Waals surface area contributed by atoms with Crippen LogP contribution < -0.4 is 30.2 Å². The maximum Gasteiger partial charge on any atom is 0.243 e. The van der Waals surface area contributed by atoms with Crippen molar-refractivity contribution in [2.24, 2.45) is 4.99 Å². The van der Waals surface area contributed by atoms with Gasteiger partial charge in [0.1, 0.15) is 0 Å². The van der Waals surface area contributed by atoms with E-state index in [-0.39, 0.29) is 12.5 Å². The summed E-state index contributed by atoms with van der Waals surface area (Å²) in [6.45, 7) is 5.17. The third-order valence-electron chi connectivity index (χ3n) is 4.52. The van der Waals surface area contributed by atoms with Gasteiger partial charge in [-0.25, -0.2) is 4.99 Å². The minimum absolute atomic E-state index is 0.0947. The number of carbonyl (C=O) groups is 1. The van der Waals surface area contributed by atoms with Gasteiger partial charge in [-0.3, -0.25) is 4.79 Å². The van der Waals surface area contributed by atoms with Crippen molar-refractivity contribution in [1.29, 1.82) is 0 Å². The monoisotopic (exact) mass is 428 g/mol. The second-order valence-electron chi connectivity index (χ2n) is 6.68. The average molecular weight is 429 g/mol. The van der Waals surface area contributed by atoms with Gasteiger partial charge in [0.05, 0.1) is 34.4 Å². The molecule has 0 spiro atoms. The Labute approximate surface area is 184 Å².